The molecular weight excluding hydrogens is 372 g/mol. The first kappa shape index (κ1) is 17.9. The summed E-state index contributed by atoms with van der Waals surface area (Å²) in [6, 6.07) is 12.8. The predicted octanol–water partition coefficient (Wildman–Crippen LogP) is 6.53. The minimum atomic E-state index is 0.0520. The second kappa shape index (κ2) is 6.80. The molecule has 2 aromatic rings. The molecule has 0 spiro atoms. The normalized spacial score (nSPS) is 16.1. The summed E-state index contributed by atoms with van der Waals surface area (Å²) in [4.78, 5) is 7.09. The van der Waals surface area contributed by atoms with Crippen LogP contribution >= 0.6 is 15.9 Å². The van der Waals surface area contributed by atoms with Gasteiger partial charge in [-0.15, -0.1) is 0 Å². The molecule has 25 heavy (non-hydrogen) atoms. The molecule has 0 saturated carbocycles. The van der Waals surface area contributed by atoms with Crippen LogP contribution in [0.3, 0.4) is 0 Å². The number of halogens is 1. The van der Waals surface area contributed by atoms with Gasteiger partial charge in [0.25, 0.3) is 0 Å². The Bertz CT molecular complexity index is 862. The molecule has 130 valence electrons. The van der Waals surface area contributed by atoms with E-state index in [0.717, 1.165) is 22.3 Å². The van der Waals surface area contributed by atoms with E-state index in [1.165, 1.54) is 22.4 Å². The quantitative estimate of drug-likeness (QED) is 0.538. The highest BCUT2D eigenvalue weighted by molar-refractivity contribution is 9.10. The van der Waals surface area contributed by atoms with Gasteiger partial charge < -0.3 is 4.90 Å². The standard InChI is InChI=1S/C22H25BrN2/c1-6-25-21-10-7-17(12-19(21)16(3)13-22(25,4)5)14-24-18-8-9-20(23)15(2)11-18/h7-14H,6H2,1-5H3. The highest BCUT2D eigenvalue weighted by atomic mass is 79.9. The van der Waals surface area contributed by atoms with Crippen LogP contribution in [-0.2, 0) is 0 Å². The molecule has 0 amide bonds. The highest BCUT2D eigenvalue weighted by Gasteiger charge is 2.29. The molecular formula is C22H25BrN2. The molecule has 0 N–H and O–H groups in total. The third-order valence-electron chi connectivity index (χ3n) is 4.82. The predicted molar refractivity (Wildman–Crippen MR) is 113 cm³/mol. The number of nitrogens with zero attached hydrogens (tertiary/aromatic N) is 2. The lowest BCUT2D eigenvalue weighted by atomic mass is 9.88. The van der Waals surface area contributed by atoms with Crippen LogP contribution in [0.5, 0.6) is 0 Å². The van der Waals surface area contributed by atoms with E-state index < -0.39 is 0 Å². The third-order valence-corrected chi connectivity index (χ3v) is 5.71. The molecule has 2 nitrogen and oxygen atoms in total. The van der Waals surface area contributed by atoms with Gasteiger partial charge in [-0.1, -0.05) is 28.1 Å². The number of allylic oxidation sites excluding steroid dienone is 1. The Morgan fingerprint density at radius 3 is 2.56 bits per heavy atom. The van der Waals surface area contributed by atoms with Gasteiger partial charge in [-0.25, -0.2) is 0 Å². The average Bonchev–Trinajstić information content (AvgIpc) is 2.56. The highest BCUT2D eigenvalue weighted by Crippen LogP contribution is 2.38. The zero-order valence-electron chi connectivity index (χ0n) is 15.6. The van der Waals surface area contributed by atoms with E-state index in [1.54, 1.807) is 0 Å². The van der Waals surface area contributed by atoms with Gasteiger partial charge in [-0.3, -0.25) is 4.99 Å². The minimum Gasteiger partial charge on any atom is -0.363 e. The van der Waals surface area contributed by atoms with E-state index in [0.29, 0.717) is 0 Å². The van der Waals surface area contributed by atoms with Crippen LogP contribution in [0.1, 0.15) is 44.4 Å². The van der Waals surface area contributed by atoms with Gasteiger partial charge in [0, 0.05) is 28.5 Å². The Kier molecular flexibility index (Phi) is 4.88. The molecule has 0 aliphatic carbocycles. The monoisotopic (exact) mass is 396 g/mol. The zero-order chi connectivity index (χ0) is 18.2. The molecule has 0 saturated heterocycles. The van der Waals surface area contributed by atoms with Gasteiger partial charge in [-0.2, -0.15) is 0 Å². The number of fused-ring (bicyclic) bond motifs is 1. The van der Waals surface area contributed by atoms with Crippen molar-refractivity contribution in [2.45, 2.75) is 40.2 Å². The van der Waals surface area contributed by atoms with Crippen molar-refractivity contribution in [2.24, 2.45) is 4.99 Å². The van der Waals surface area contributed by atoms with E-state index in [1.807, 2.05) is 18.3 Å². The molecule has 0 bridgehead atoms. The number of aliphatic imine (C=N–C) groups is 1. The van der Waals surface area contributed by atoms with Crippen LogP contribution in [0.25, 0.3) is 5.57 Å². The summed E-state index contributed by atoms with van der Waals surface area (Å²) in [7, 11) is 0. The largest absolute Gasteiger partial charge is 0.363 e. The van der Waals surface area contributed by atoms with Crippen LogP contribution in [0.4, 0.5) is 11.4 Å². The first-order valence-corrected chi connectivity index (χ1v) is 9.53. The van der Waals surface area contributed by atoms with Gasteiger partial charge in [0.15, 0.2) is 0 Å². The summed E-state index contributed by atoms with van der Waals surface area (Å²) in [6.45, 7) is 12.0. The van der Waals surface area contributed by atoms with Gasteiger partial charge in [0.1, 0.15) is 0 Å². The van der Waals surface area contributed by atoms with Crippen molar-refractivity contribution in [1.82, 2.24) is 0 Å². The summed E-state index contributed by atoms with van der Waals surface area (Å²) in [6.07, 6.45) is 4.31. The van der Waals surface area contributed by atoms with Crippen molar-refractivity contribution in [1.29, 1.82) is 0 Å². The fourth-order valence-corrected chi connectivity index (χ4v) is 3.86. The third kappa shape index (κ3) is 3.57. The van der Waals surface area contributed by atoms with Crippen LogP contribution < -0.4 is 4.90 Å². The van der Waals surface area contributed by atoms with Crippen molar-refractivity contribution in [2.75, 3.05) is 11.4 Å². The molecule has 1 aliphatic rings. The fourth-order valence-electron chi connectivity index (χ4n) is 3.62. The van der Waals surface area contributed by atoms with E-state index >= 15 is 0 Å². The maximum Gasteiger partial charge on any atom is 0.0633 e. The summed E-state index contributed by atoms with van der Waals surface area (Å²) >= 11 is 3.53. The summed E-state index contributed by atoms with van der Waals surface area (Å²) in [5.74, 6) is 0. The molecule has 0 radical (unpaired) electrons. The second-order valence-electron chi connectivity index (χ2n) is 7.19. The van der Waals surface area contributed by atoms with Crippen LogP contribution in [0, 0.1) is 6.92 Å². The van der Waals surface area contributed by atoms with E-state index in [4.69, 9.17) is 0 Å². The molecule has 3 rings (SSSR count). The van der Waals surface area contributed by atoms with Crippen LogP contribution in [-0.4, -0.2) is 18.3 Å². The smallest absolute Gasteiger partial charge is 0.0633 e. The summed E-state index contributed by atoms with van der Waals surface area (Å²) in [5.41, 5.74) is 7.29. The van der Waals surface area contributed by atoms with E-state index in [2.05, 4.69) is 90.8 Å². The van der Waals surface area contributed by atoms with Crippen LogP contribution in [0.15, 0.2) is 51.9 Å². The molecule has 0 atom stereocenters. The fraction of sp³-hybridized carbons (Fsp3) is 0.318. The van der Waals surface area contributed by atoms with Gasteiger partial charge in [0.05, 0.1) is 11.2 Å². The van der Waals surface area contributed by atoms with Crippen molar-refractivity contribution in [3.8, 4) is 0 Å². The molecule has 1 heterocycles. The zero-order valence-corrected chi connectivity index (χ0v) is 17.2. The Hall–Kier alpha value is -1.87. The first-order chi connectivity index (χ1) is 11.8. The summed E-state index contributed by atoms with van der Waals surface area (Å²) < 4.78 is 1.11. The number of hydrogen-bond donors (Lipinski definition) is 0. The van der Waals surface area contributed by atoms with E-state index in [9.17, 15) is 0 Å². The minimum absolute atomic E-state index is 0.0520. The number of likely N-dealkylation sites (N-methyl/N-ethyl adjacent to an activating group) is 1. The molecule has 0 fully saturated rings. The average molecular weight is 397 g/mol. The Labute approximate surface area is 159 Å². The number of benzene rings is 2. The SMILES string of the molecule is CCN1c2ccc(C=Nc3ccc(Br)c(C)c3)cc2C(C)=CC1(C)C. The molecule has 3 heteroatoms. The van der Waals surface area contributed by atoms with Crippen molar-refractivity contribution in [3.05, 3.63) is 63.6 Å². The van der Waals surface area contributed by atoms with Gasteiger partial charge in [-0.05, 0) is 81.7 Å². The van der Waals surface area contributed by atoms with Gasteiger partial charge >= 0.3 is 0 Å². The van der Waals surface area contributed by atoms with E-state index in [-0.39, 0.29) is 5.54 Å². The lowest BCUT2D eigenvalue weighted by Crippen LogP contribution is -2.44. The maximum absolute atomic E-state index is 4.64. The second-order valence-corrected chi connectivity index (χ2v) is 8.05. The Morgan fingerprint density at radius 2 is 1.88 bits per heavy atom. The lowest BCUT2D eigenvalue weighted by Gasteiger charge is -2.42. The number of aryl methyl sites for hydroxylation is 1. The molecule has 0 aromatic heterocycles. The topological polar surface area (TPSA) is 15.6 Å². The number of hydrogen-bond acceptors (Lipinski definition) is 2. The number of rotatable bonds is 3. The number of anilines is 1. The van der Waals surface area contributed by atoms with Crippen molar-refractivity contribution >= 4 is 39.1 Å². The molecule has 0 unspecified atom stereocenters. The lowest BCUT2D eigenvalue weighted by molar-refractivity contribution is 0.566. The Balaban J connectivity index is 1.95. The maximum atomic E-state index is 4.64. The van der Waals surface area contributed by atoms with Crippen molar-refractivity contribution in [3.63, 3.8) is 0 Å². The first-order valence-electron chi connectivity index (χ1n) is 8.73. The van der Waals surface area contributed by atoms with Crippen molar-refractivity contribution < 1.29 is 0 Å². The Morgan fingerprint density at radius 1 is 1.12 bits per heavy atom. The van der Waals surface area contributed by atoms with Crippen LogP contribution in [0.2, 0.25) is 0 Å². The summed E-state index contributed by atoms with van der Waals surface area (Å²) in [5, 5.41) is 0. The molecule has 1 aliphatic heterocycles. The molecule has 2 aromatic carbocycles. The van der Waals surface area contributed by atoms with Gasteiger partial charge in [0.2, 0.25) is 0 Å².